The molecule has 0 fully saturated rings. The standard InChI is InChI=1S/C8H6BrNOS2/c9-6-4-12-3-5(6)8(11)7-1-2-10-13-7/h1-4,8,11H. The molecule has 0 aliphatic carbocycles. The van der Waals surface area contributed by atoms with E-state index < -0.39 is 6.10 Å². The summed E-state index contributed by atoms with van der Waals surface area (Å²) in [5, 5.41) is 13.8. The van der Waals surface area contributed by atoms with E-state index >= 15 is 0 Å². The molecule has 0 spiro atoms. The Morgan fingerprint density at radius 3 is 2.85 bits per heavy atom. The van der Waals surface area contributed by atoms with Crippen molar-refractivity contribution in [3.05, 3.63) is 37.9 Å². The molecule has 0 bridgehead atoms. The van der Waals surface area contributed by atoms with Crippen LogP contribution in [0.25, 0.3) is 0 Å². The van der Waals surface area contributed by atoms with Gasteiger partial charge in [-0.3, -0.25) is 0 Å². The summed E-state index contributed by atoms with van der Waals surface area (Å²) < 4.78 is 4.91. The first-order valence-corrected chi connectivity index (χ1v) is 6.10. The van der Waals surface area contributed by atoms with Gasteiger partial charge in [0.1, 0.15) is 6.10 Å². The number of rotatable bonds is 2. The van der Waals surface area contributed by atoms with Crippen LogP contribution in [-0.2, 0) is 0 Å². The molecule has 1 unspecified atom stereocenters. The molecule has 2 aromatic rings. The van der Waals surface area contributed by atoms with Gasteiger partial charge in [-0.15, -0.1) is 0 Å². The number of hydrogen-bond donors (Lipinski definition) is 1. The summed E-state index contributed by atoms with van der Waals surface area (Å²) in [5.41, 5.74) is 0.911. The minimum Gasteiger partial charge on any atom is -0.383 e. The van der Waals surface area contributed by atoms with E-state index in [0.29, 0.717) is 0 Å². The van der Waals surface area contributed by atoms with Gasteiger partial charge in [0, 0.05) is 21.6 Å². The summed E-state index contributed by atoms with van der Waals surface area (Å²) in [5.74, 6) is 0. The van der Waals surface area contributed by atoms with Crippen LogP contribution in [0.4, 0.5) is 0 Å². The van der Waals surface area contributed by atoms with Gasteiger partial charge in [-0.25, -0.2) is 4.37 Å². The highest BCUT2D eigenvalue weighted by Gasteiger charge is 2.15. The second-order valence-corrected chi connectivity index (χ2v) is 4.96. The highest BCUT2D eigenvalue weighted by Crippen LogP contribution is 2.32. The van der Waals surface area contributed by atoms with Gasteiger partial charge in [-0.05, 0) is 38.9 Å². The molecule has 13 heavy (non-hydrogen) atoms. The van der Waals surface area contributed by atoms with Crippen LogP contribution in [0, 0.1) is 0 Å². The summed E-state index contributed by atoms with van der Waals surface area (Å²) >= 11 is 6.28. The summed E-state index contributed by atoms with van der Waals surface area (Å²) in [7, 11) is 0. The predicted molar refractivity (Wildman–Crippen MR) is 58.2 cm³/mol. The first-order valence-electron chi connectivity index (χ1n) is 3.59. The predicted octanol–water partition coefficient (Wildman–Crippen LogP) is 3.05. The average Bonchev–Trinajstić information content (AvgIpc) is 2.72. The Morgan fingerprint density at radius 2 is 2.31 bits per heavy atom. The summed E-state index contributed by atoms with van der Waals surface area (Å²) in [6.07, 6.45) is 1.15. The smallest absolute Gasteiger partial charge is 0.117 e. The molecule has 2 nitrogen and oxygen atoms in total. The van der Waals surface area contributed by atoms with Gasteiger partial charge in [0.2, 0.25) is 0 Å². The second-order valence-electron chi connectivity index (χ2n) is 2.49. The van der Waals surface area contributed by atoms with E-state index in [9.17, 15) is 5.11 Å². The maximum Gasteiger partial charge on any atom is 0.117 e. The van der Waals surface area contributed by atoms with Crippen molar-refractivity contribution in [3.63, 3.8) is 0 Å². The van der Waals surface area contributed by atoms with Crippen LogP contribution >= 0.6 is 38.8 Å². The fraction of sp³-hybridized carbons (Fsp3) is 0.125. The lowest BCUT2D eigenvalue weighted by Gasteiger charge is -2.05. The van der Waals surface area contributed by atoms with E-state index in [4.69, 9.17) is 0 Å². The number of halogens is 1. The fourth-order valence-electron chi connectivity index (χ4n) is 1.01. The number of hydrogen-bond acceptors (Lipinski definition) is 4. The van der Waals surface area contributed by atoms with Crippen LogP contribution < -0.4 is 0 Å². The van der Waals surface area contributed by atoms with Crippen LogP contribution in [0.5, 0.6) is 0 Å². The first kappa shape index (κ1) is 9.33. The van der Waals surface area contributed by atoms with E-state index in [-0.39, 0.29) is 0 Å². The molecule has 2 heterocycles. The third kappa shape index (κ3) is 1.83. The maximum atomic E-state index is 9.90. The molecule has 0 amide bonds. The highest BCUT2D eigenvalue weighted by atomic mass is 79.9. The summed E-state index contributed by atoms with van der Waals surface area (Å²) in [6, 6.07) is 1.83. The molecule has 1 N–H and O–H groups in total. The van der Waals surface area contributed by atoms with Gasteiger partial charge in [0.25, 0.3) is 0 Å². The van der Waals surface area contributed by atoms with Gasteiger partial charge >= 0.3 is 0 Å². The van der Waals surface area contributed by atoms with Gasteiger partial charge in [0.05, 0.1) is 4.88 Å². The van der Waals surface area contributed by atoms with Gasteiger partial charge in [0.15, 0.2) is 0 Å². The third-order valence-electron chi connectivity index (χ3n) is 1.66. The van der Waals surface area contributed by atoms with Crippen LogP contribution in [0.1, 0.15) is 16.5 Å². The minimum atomic E-state index is -0.548. The Labute approximate surface area is 92.2 Å². The first-order chi connectivity index (χ1) is 6.29. The molecular formula is C8H6BrNOS2. The quantitative estimate of drug-likeness (QED) is 0.914. The Morgan fingerprint density at radius 1 is 1.46 bits per heavy atom. The van der Waals surface area contributed by atoms with Crippen molar-refractivity contribution >= 4 is 38.8 Å². The number of aliphatic hydroxyl groups is 1. The van der Waals surface area contributed by atoms with Gasteiger partial charge < -0.3 is 5.11 Å². The minimum absolute atomic E-state index is 0.548. The normalized spacial score (nSPS) is 13.1. The zero-order valence-electron chi connectivity index (χ0n) is 6.48. The van der Waals surface area contributed by atoms with E-state index in [1.54, 1.807) is 17.5 Å². The molecule has 68 valence electrons. The lowest BCUT2D eigenvalue weighted by atomic mass is 10.2. The van der Waals surface area contributed by atoms with Crippen molar-refractivity contribution in [1.82, 2.24) is 4.37 Å². The molecule has 2 rings (SSSR count). The van der Waals surface area contributed by atoms with Crippen molar-refractivity contribution < 1.29 is 5.11 Å². The molecule has 0 saturated carbocycles. The number of aromatic nitrogens is 1. The molecule has 0 radical (unpaired) electrons. The molecular weight excluding hydrogens is 270 g/mol. The Bertz CT molecular complexity index is 385. The third-order valence-corrected chi connectivity index (χ3v) is 4.21. The average molecular weight is 276 g/mol. The Hall–Kier alpha value is -0.230. The van der Waals surface area contributed by atoms with Crippen molar-refractivity contribution in [3.8, 4) is 0 Å². The van der Waals surface area contributed by atoms with Crippen LogP contribution in [-0.4, -0.2) is 9.48 Å². The van der Waals surface area contributed by atoms with Crippen molar-refractivity contribution in [2.45, 2.75) is 6.10 Å². The second kappa shape index (κ2) is 3.88. The summed E-state index contributed by atoms with van der Waals surface area (Å²) in [4.78, 5) is 0.874. The van der Waals surface area contributed by atoms with Crippen LogP contribution in [0.3, 0.4) is 0 Å². The Kier molecular flexibility index (Phi) is 2.78. The zero-order chi connectivity index (χ0) is 9.26. The largest absolute Gasteiger partial charge is 0.383 e. The number of nitrogens with zero attached hydrogens (tertiary/aromatic N) is 1. The topological polar surface area (TPSA) is 33.1 Å². The Balaban J connectivity index is 2.33. The molecule has 1 atom stereocenters. The zero-order valence-corrected chi connectivity index (χ0v) is 9.69. The monoisotopic (exact) mass is 275 g/mol. The number of thiophene rings is 1. The van der Waals surface area contributed by atoms with E-state index in [1.165, 1.54) is 11.5 Å². The van der Waals surface area contributed by atoms with Gasteiger partial charge in [-0.2, -0.15) is 11.3 Å². The lowest BCUT2D eigenvalue weighted by molar-refractivity contribution is 0.224. The molecule has 5 heteroatoms. The molecule has 0 aliphatic heterocycles. The highest BCUT2D eigenvalue weighted by molar-refractivity contribution is 9.10. The van der Waals surface area contributed by atoms with Crippen molar-refractivity contribution in [2.75, 3.05) is 0 Å². The molecule has 0 aliphatic rings. The van der Waals surface area contributed by atoms with Crippen LogP contribution in [0.2, 0.25) is 0 Å². The van der Waals surface area contributed by atoms with Crippen molar-refractivity contribution in [1.29, 1.82) is 0 Å². The van der Waals surface area contributed by atoms with E-state index in [0.717, 1.165) is 14.9 Å². The van der Waals surface area contributed by atoms with E-state index in [2.05, 4.69) is 20.3 Å². The van der Waals surface area contributed by atoms with E-state index in [1.807, 2.05) is 16.8 Å². The number of aliphatic hydroxyl groups excluding tert-OH is 1. The molecule has 2 aromatic heterocycles. The summed E-state index contributed by atoms with van der Waals surface area (Å²) in [6.45, 7) is 0. The van der Waals surface area contributed by atoms with Gasteiger partial charge in [-0.1, -0.05) is 0 Å². The molecule has 0 aromatic carbocycles. The molecule has 0 saturated heterocycles. The van der Waals surface area contributed by atoms with Crippen molar-refractivity contribution in [2.24, 2.45) is 0 Å². The lowest BCUT2D eigenvalue weighted by Crippen LogP contribution is -1.95. The van der Waals surface area contributed by atoms with Crippen LogP contribution in [0.15, 0.2) is 27.5 Å². The maximum absolute atomic E-state index is 9.90. The fourth-order valence-corrected chi connectivity index (χ4v) is 3.13. The SMILES string of the molecule is OC(c1ccns1)c1cscc1Br.